The number of methoxy groups -OCH3 is 2. The van der Waals surface area contributed by atoms with Crippen LogP contribution in [0.3, 0.4) is 0 Å². The zero-order chi connectivity index (χ0) is 20.7. The number of nitro groups is 1. The highest BCUT2D eigenvalue weighted by molar-refractivity contribution is 5.54. The van der Waals surface area contributed by atoms with Crippen LogP contribution < -0.4 is 15.2 Å². The third-order valence-corrected chi connectivity index (χ3v) is 5.62. The SMILES string of the molecule is COc1cc(CN(CC2CCCCC2)CC(C)(C)CN)c([N+](=O)[O-])cc1OC. The maximum Gasteiger partial charge on any atom is 0.277 e. The largest absolute Gasteiger partial charge is 0.493 e. The maximum absolute atomic E-state index is 11.7. The van der Waals surface area contributed by atoms with Gasteiger partial charge in [-0.3, -0.25) is 15.0 Å². The molecule has 0 unspecified atom stereocenters. The van der Waals surface area contributed by atoms with E-state index in [1.807, 2.05) is 0 Å². The van der Waals surface area contributed by atoms with Gasteiger partial charge in [-0.2, -0.15) is 0 Å². The van der Waals surface area contributed by atoms with Gasteiger partial charge < -0.3 is 15.2 Å². The molecule has 2 N–H and O–H groups in total. The fourth-order valence-corrected chi connectivity index (χ4v) is 4.04. The molecule has 0 atom stereocenters. The van der Waals surface area contributed by atoms with Crippen LogP contribution >= 0.6 is 0 Å². The van der Waals surface area contributed by atoms with E-state index in [4.69, 9.17) is 15.2 Å². The number of hydrogen-bond donors (Lipinski definition) is 1. The van der Waals surface area contributed by atoms with E-state index in [0.717, 1.165) is 13.1 Å². The summed E-state index contributed by atoms with van der Waals surface area (Å²) >= 11 is 0. The maximum atomic E-state index is 11.7. The predicted molar refractivity (Wildman–Crippen MR) is 111 cm³/mol. The molecule has 2 rings (SSSR count). The highest BCUT2D eigenvalue weighted by Gasteiger charge is 2.27. The number of rotatable bonds is 10. The van der Waals surface area contributed by atoms with E-state index in [2.05, 4.69) is 18.7 Å². The second-order valence-electron chi connectivity index (χ2n) is 8.64. The van der Waals surface area contributed by atoms with Crippen LogP contribution in [-0.4, -0.2) is 43.7 Å². The molecule has 158 valence electrons. The van der Waals surface area contributed by atoms with E-state index in [-0.39, 0.29) is 16.0 Å². The number of hydrogen-bond acceptors (Lipinski definition) is 6. The van der Waals surface area contributed by atoms with Crippen LogP contribution in [0.4, 0.5) is 5.69 Å². The Labute approximate surface area is 168 Å². The Morgan fingerprint density at radius 2 is 1.79 bits per heavy atom. The highest BCUT2D eigenvalue weighted by Crippen LogP contribution is 2.36. The molecule has 0 spiro atoms. The number of nitrogens with zero attached hydrogens (tertiary/aromatic N) is 2. The quantitative estimate of drug-likeness (QED) is 0.478. The third-order valence-electron chi connectivity index (χ3n) is 5.62. The van der Waals surface area contributed by atoms with Crippen molar-refractivity contribution in [2.24, 2.45) is 17.1 Å². The molecule has 1 fully saturated rings. The Morgan fingerprint density at radius 3 is 2.32 bits per heavy atom. The monoisotopic (exact) mass is 393 g/mol. The van der Waals surface area contributed by atoms with Crippen molar-refractivity contribution in [2.45, 2.75) is 52.5 Å². The summed E-state index contributed by atoms with van der Waals surface area (Å²) in [5, 5.41) is 11.7. The zero-order valence-corrected chi connectivity index (χ0v) is 17.7. The Hall–Kier alpha value is -1.86. The molecule has 1 aliphatic rings. The van der Waals surface area contributed by atoms with Crippen molar-refractivity contribution in [1.29, 1.82) is 0 Å². The molecule has 1 saturated carbocycles. The molecular formula is C21H35N3O4. The summed E-state index contributed by atoms with van der Waals surface area (Å²) < 4.78 is 10.6. The first-order valence-electron chi connectivity index (χ1n) is 10.1. The van der Waals surface area contributed by atoms with Crippen LogP contribution in [0.2, 0.25) is 0 Å². The summed E-state index contributed by atoms with van der Waals surface area (Å²) in [5.41, 5.74) is 6.63. The zero-order valence-electron chi connectivity index (χ0n) is 17.7. The fourth-order valence-electron chi connectivity index (χ4n) is 4.04. The first-order valence-corrected chi connectivity index (χ1v) is 10.1. The van der Waals surface area contributed by atoms with Crippen molar-refractivity contribution in [2.75, 3.05) is 33.9 Å². The topological polar surface area (TPSA) is 90.9 Å². The van der Waals surface area contributed by atoms with Gasteiger partial charge in [0.25, 0.3) is 5.69 Å². The van der Waals surface area contributed by atoms with Gasteiger partial charge in [-0.1, -0.05) is 33.1 Å². The molecule has 1 aromatic carbocycles. The van der Waals surface area contributed by atoms with Crippen LogP contribution in [0.5, 0.6) is 11.5 Å². The van der Waals surface area contributed by atoms with Gasteiger partial charge in [-0.15, -0.1) is 0 Å². The predicted octanol–water partition coefficient (Wildman–Crippen LogP) is 3.98. The lowest BCUT2D eigenvalue weighted by Gasteiger charge is -2.35. The van der Waals surface area contributed by atoms with Crippen LogP contribution in [-0.2, 0) is 6.54 Å². The Kier molecular flexibility index (Phi) is 8.07. The Balaban J connectivity index is 2.31. The molecule has 7 nitrogen and oxygen atoms in total. The van der Waals surface area contributed by atoms with Crippen molar-refractivity contribution in [3.63, 3.8) is 0 Å². The molecule has 1 aromatic rings. The second kappa shape index (κ2) is 10.1. The minimum absolute atomic E-state index is 0.0556. The summed E-state index contributed by atoms with van der Waals surface area (Å²) in [6.07, 6.45) is 6.32. The van der Waals surface area contributed by atoms with Gasteiger partial charge in [-0.05, 0) is 36.8 Å². The van der Waals surface area contributed by atoms with Crippen molar-refractivity contribution in [3.8, 4) is 11.5 Å². The molecule has 0 heterocycles. The van der Waals surface area contributed by atoms with Crippen LogP contribution in [0.15, 0.2) is 12.1 Å². The molecule has 0 bridgehead atoms. The summed E-state index contributed by atoms with van der Waals surface area (Å²) in [7, 11) is 3.03. The van der Waals surface area contributed by atoms with Crippen molar-refractivity contribution in [1.82, 2.24) is 4.90 Å². The molecule has 0 amide bonds. The average Bonchev–Trinajstić information content (AvgIpc) is 2.67. The van der Waals surface area contributed by atoms with Crippen molar-refractivity contribution >= 4 is 5.69 Å². The van der Waals surface area contributed by atoms with E-state index in [1.165, 1.54) is 45.3 Å². The van der Waals surface area contributed by atoms with Gasteiger partial charge in [-0.25, -0.2) is 0 Å². The highest BCUT2D eigenvalue weighted by atomic mass is 16.6. The van der Waals surface area contributed by atoms with Gasteiger partial charge in [0.1, 0.15) is 0 Å². The molecule has 1 aliphatic carbocycles. The fraction of sp³-hybridized carbons (Fsp3) is 0.714. The van der Waals surface area contributed by atoms with E-state index < -0.39 is 0 Å². The molecule has 0 aliphatic heterocycles. The summed E-state index contributed by atoms with van der Waals surface area (Å²) in [4.78, 5) is 13.7. The summed E-state index contributed by atoms with van der Waals surface area (Å²) in [5.74, 6) is 1.53. The summed E-state index contributed by atoms with van der Waals surface area (Å²) in [6, 6.07) is 3.20. The van der Waals surface area contributed by atoms with Gasteiger partial charge in [0.15, 0.2) is 11.5 Å². The minimum Gasteiger partial charge on any atom is -0.493 e. The third kappa shape index (κ3) is 6.07. The normalized spacial score (nSPS) is 15.6. The van der Waals surface area contributed by atoms with Gasteiger partial charge >= 0.3 is 0 Å². The second-order valence-corrected chi connectivity index (χ2v) is 8.64. The summed E-state index contributed by atoms with van der Waals surface area (Å²) in [6.45, 7) is 7.09. The van der Waals surface area contributed by atoms with Crippen LogP contribution in [0.1, 0.15) is 51.5 Å². The average molecular weight is 394 g/mol. The van der Waals surface area contributed by atoms with Crippen LogP contribution in [0.25, 0.3) is 0 Å². The lowest BCUT2D eigenvalue weighted by molar-refractivity contribution is -0.385. The first kappa shape index (κ1) is 22.4. The van der Waals surface area contributed by atoms with Gasteiger partial charge in [0.05, 0.1) is 25.2 Å². The number of benzene rings is 1. The molecule has 0 aromatic heterocycles. The lowest BCUT2D eigenvalue weighted by Crippen LogP contribution is -2.41. The number of ether oxygens (including phenoxy) is 2. The van der Waals surface area contributed by atoms with E-state index >= 15 is 0 Å². The molecule has 0 radical (unpaired) electrons. The van der Waals surface area contributed by atoms with Crippen molar-refractivity contribution < 1.29 is 14.4 Å². The smallest absolute Gasteiger partial charge is 0.277 e. The standard InChI is InChI=1S/C21H35N3O4/c1-21(2,14-22)15-23(12-16-8-6-5-7-9-16)13-17-10-19(27-3)20(28-4)11-18(17)24(25)26/h10-11,16H,5-9,12-15,22H2,1-4H3. The number of nitro benzene ring substituents is 1. The molecule has 0 saturated heterocycles. The molecule has 7 heteroatoms. The Morgan fingerprint density at radius 1 is 1.18 bits per heavy atom. The van der Waals surface area contributed by atoms with Gasteiger partial charge in [0.2, 0.25) is 0 Å². The molecular weight excluding hydrogens is 358 g/mol. The van der Waals surface area contributed by atoms with E-state index in [0.29, 0.717) is 36.1 Å². The lowest BCUT2D eigenvalue weighted by atomic mass is 9.87. The van der Waals surface area contributed by atoms with Crippen LogP contribution in [0, 0.1) is 21.4 Å². The molecule has 28 heavy (non-hydrogen) atoms. The van der Waals surface area contributed by atoms with Crippen molar-refractivity contribution in [3.05, 3.63) is 27.8 Å². The first-order chi connectivity index (χ1) is 13.3. The number of nitrogens with two attached hydrogens (primary N) is 1. The van der Waals surface area contributed by atoms with Gasteiger partial charge in [0, 0.05) is 25.2 Å². The Bertz CT molecular complexity index is 657. The van der Waals surface area contributed by atoms with E-state index in [1.54, 1.807) is 13.2 Å². The van der Waals surface area contributed by atoms with E-state index in [9.17, 15) is 10.1 Å². The minimum atomic E-state index is -0.343.